The van der Waals surface area contributed by atoms with Gasteiger partial charge in [-0.1, -0.05) is 18.2 Å². The summed E-state index contributed by atoms with van der Waals surface area (Å²) in [5.74, 6) is 2.52. The van der Waals surface area contributed by atoms with Crippen LogP contribution in [0.3, 0.4) is 0 Å². The first kappa shape index (κ1) is 24.8. The highest BCUT2D eigenvalue weighted by molar-refractivity contribution is 14.0. The predicted molar refractivity (Wildman–Crippen MR) is 135 cm³/mol. The first-order valence-electron chi connectivity index (χ1n) is 10.4. The maximum absolute atomic E-state index is 12.0. The monoisotopic (exact) mass is 538 g/mol. The van der Waals surface area contributed by atoms with Crippen LogP contribution in [0.4, 0.5) is 5.69 Å². The van der Waals surface area contributed by atoms with E-state index in [0.29, 0.717) is 19.6 Å². The number of carbonyl (C=O) groups excluding carboxylic acids is 1. The number of fused-ring (bicyclic) bond motifs is 1. The van der Waals surface area contributed by atoms with Crippen LogP contribution >= 0.6 is 24.0 Å². The standard InChI is InChI=1S/C23H30N4O3.HI/c1-3-24-23(25-13-6-14-30-19-11-9-18(29-2)10-12-19)26-16-17-15-22(28)27-21-8-5-4-7-20(17)21;/h4-5,7-12,17H,3,6,13-16H2,1-2H3,(H,27,28)(H2,24,25,26);1H. The van der Waals surface area contributed by atoms with Gasteiger partial charge in [-0.2, -0.15) is 0 Å². The fourth-order valence-corrected chi connectivity index (χ4v) is 3.35. The number of anilines is 1. The third-order valence-corrected chi connectivity index (χ3v) is 4.86. The molecule has 0 fully saturated rings. The van der Waals surface area contributed by atoms with Crippen molar-refractivity contribution in [1.29, 1.82) is 0 Å². The molecule has 8 heteroatoms. The summed E-state index contributed by atoms with van der Waals surface area (Å²) < 4.78 is 10.9. The number of carbonyl (C=O) groups is 1. The lowest BCUT2D eigenvalue weighted by atomic mass is 9.91. The van der Waals surface area contributed by atoms with Crippen LogP contribution < -0.4 is 25.4 Å². The minimum absolute atomic E-state index is 0. The first-order chi connectivity index (χ1) is 14.7. The minimum Gasteiger partial charge on any atom is -0.497 e. The molecule has 3 rings (SSSR count). The van der Waals surface area contributed by atoms with Gasteiger partial charge >= 0.3 is 0 Å². The molecular weight excluding hydrogens is 507 g/mol. The molecule has 1 aliphatic heterocycles. The molecule has 0 radical (unpaired) electrons. The highest BCUT2D eigenvalue weighted by Crippen LogP contribution is 2.31. The summed E-state index contributed by atoms with van der Waals surface area (Å²) in [6, 6.07) is 15.5. The molecule has 3 N–H and O–H groups in total. The second-order valence-corrected chi connectivity index (χ2v) is 7.06. The number of amides is 1. The van der Waals surface area contributed by atoms with Crippen molar-refractivity contribution in [3.05, 3.63) is 54.1 Å². The van der Waals surface area contributed by atoms with Crippen LogP contribution in [0.2, 0.25) is 0 Å². The topological polar surface area (TPSA) is 84.0 Å². The second kappa shape index (κ2) is 13.0. The summed E-state index contributed by atoms with van der Waals surface area (Å²) in [5.41, 5.74) is 2.03. The van der Waals surface area contributed by atoms with Gasteiger partial charge in [0.1, 0.15) is 11.5 Å². The predicted octanol–water partition coefficient (Wildman–Crippen LogP) is 3.76. The van der Waals surface area contributed by atoms with Crippen LogP contribution in [-0.2, 0) is 4.79 Å². The summed E-state index contributed by atoms with van der Waals surface area (Å²) in [6.45, 7) is 4.71. The lowest BCUT2D eigenvalue weighted by molar-refractivity contribution is -0.116. The summed E-state index contributed by atoms with van der Waals surface area (Å²) in [4.78, 5) is 16.7. The van der Waals surface area contributed by atoms with Crippen molar-refractivity contribution in [1.82, 2.24) is 10.6 Å². The molecule has 1 heterocycles. The zero-order chi connectivity index (χ0) is 21.2. The molecule has 1 aliphatic rings. The number of guanidine groups is 1. The van der Waals surface area contributed by atoms with Crippen molar-refractivity contribution in [3.63, 3.8) is 0 Å². The van der Waals surface area contributed by atoms with Gasteiger partial charge in [-0.05, 0) is 49.2 Å². The molecule has 31 heavy (non-hydrogen) atoms. The summed E-state index contributed by atoms with van der Waals surface area (Å²) in [5, 5.41) is 9.53. The van der Waals surface area contributed by atoms with E-state index in [9.17, 15) is 4.79 Å². The number of hydrogen-bond donors (Lipinski definition) is 3. The van der Waals surface area contributed by atoms with E-state index in [4.69, 9.17) is 14.5 Å². The number of rotatable bonds is 9. The Morgan fingerprint density at radius 2 is 1.87 bits per heavy atom. The van der Waals surface area contributed by atoms with Crippen LogP contribution in [0, 0.1) is 0 Å². The molecule has 2 aromatic carbocycles. The molecule has 168 valence electrons. The molecule has 1 amide bonds. The first-order valence-corrected chi connectivity index (χ1v) is 10.4. The Labute approximate surface area is 201 Å². The Morgan fingerprint density at radius 3 is 2.61 bits per heavy atom. The minimum atomic E-state index is 0. The van der Waals surface area contributed by atoms with E-state index in [1.165, 1.54) is 0 Å². The van der Waals surface area contributed by atoms with Crippen molar-refractivity contribution in [3.8, 4) is 11.5 Å². The fourth-order valence-electron chi connectivity index (χ4n) is 3.35. The number of aliphatic imine (C=N–C) groups is 1. The highest BCUT2D eigenvalue weighted by Gasteiger charge is 2.24. The fraction of sp³-hybridized carbons (Fsp3) is 0.391. The van der Waals surface area contributed by atoms with E-state index >= 15 is 0 Å². The Balaban J connectivity index is 0.00000341. The van der Waals surface area contributed by atoms with Crippen molar-refractivity contribution in [2.24, 2.45) is 4.99 Å². The van der Waals surface area contributed by atoms with Gasteiger partial charge in [-0.15, -0.1) is 24.0 Å². The van der Waals surface area contributed by atoms with E-state index in [-0.39, 0.29) is 35.8 Å². The Kier molecular flexibility index (Phi) is 10.4. The molecule has 0 aliphatic carbocycles. The van der Waals surface area contributed by atoms with Crippen LogP contribution in [0.25, 0.3) is 0 Å². The largest absolute Gasteiger partial charge is 0.497 e. The van der Waals surface area contributed by atoms with Gasteiger partial charge in [0, 0.05) is 31.1 Å². The zero-order valence-corrected chi connectivity index (χ0v) is 20.3. The summed E-state index contributed by atoms with van der Waals surface area (Å²) in [7, 11) is 1.65. The maximum atomic E-state index is 12.0. The van der Waals surface area contributed by atoms with Gasteiger partial charge in [0.2, 0.25) is 5.91 Å². The van der Waals surface area contributed by atoms with Crippen LogP contribution in [0.1, 0.15) is 31.2 Å². The average Bonchev–Trinajstić information content (AvgIpc) is 2.77. The van der Waals surface area contributed by atoms with E-state index < -0.39 is 0 Å². The number of nitrogens with zero attached hydrogens (tertiary/aromatic N) is 1. The molecule has 0 aromatic heterocycles. The zero-order valence-electron chi connectivity index (χ0n) is 18.0. The molecule has 7 nitrogen and oxygen atoms in total. The number of nitrogens with one attached hydrogen (secondary N) is 3. The number of halogens is 1. The normalized spacial score (nSPS) is 15.2. The van der Waals surface area contributed by atoms with Gasteiger partial charge in [0.05, 0.1) is 20.3 Å². The SMILES string of the molecule is CCNC(=NCC1CC(=O)Nc2ccccc21)NCCCOc1ccc(OC)cc1.I. The number of hydrogen-bond acceptors (Lipinski definition) is 4. The molecular formula is C23H31IN4O3. The quantitative estimate of drug-likeness (QED) is 0.196. The van der Waals surface area contributed by atoms with Crippen LogP contribution in [-0.4, -0.2) is 45.2 Å². The number of methoxy groups -OCH3 is 1. The van der Waals surface area contributed by atoms with Gasteiger partial charge in [-0.3, -0.25) is 9.79 Å². The number of para-hydroxylation sites is 1. The number of benzene rings is 2. The smallest absolute Gasteiger partial charge is 0.225 e. The summed E-state index contributed by atoms with van der Waals surface area (Å²) >= 11 is 0. The Hall–Kier alpha value is -2.49. The van der Waals surface area contributed by atoms with Crippen molar-refractivity contribution >= 4 is 41.5 Å². The molecule has 0 saturated carbocycles. The molecule has 1 unspecified atom stereocenters. The van der Waals surface area contributed by atoms with E-state index in [0.717, 1.165) is 48.2 Å². The third kappa shape index (κ3) is 7.61. The second-order valence-electron chi connectivity index (χ2n) is 7.06. The summed E-state index contributed by atoms with van der Waals surface area (Å²) in [6.07, 6.45) is 1.29. The molecule has 0 saturated heterocycles. The third-order valence-electron chi connectivity index (χ3n) is 4.86. The van der Waals surface area contributed by atoms with E-state index in [2.05, 4.69) is 22.0 Å². The lowest BCUT2D eigenvalue weighted by Gasteiger charge is -2.24. The van der Waals surface area contributed by atoms with Crippen molar-refractivity contribution < 1.29 is 14.3 Å². The van der Waals surface area contributed by atoms with Gasteiger partial charge < -0.3 is 25.4 Å². The van der Waals surface area contributed by atoms with Crippen LogP contribution in [0.15, 0.2) is 53.5 Å². The van der Waals surface area contributed by atoms with Crippen molar-refractivity contribution in [2.45, 2.75) is 25.7 Å². The van der Waals surface area contributed by atoms with Crippen LogP contribution in [0.5, 0.6) is 11.5 Å². The van der Waals surface area contributed by atoms with Gasteiger partial charge in [-0.25, -0.2) is 0 Å². The van der Waals surface area contributed by atoms with E-state index in [1.807, 2.05) is 49.4 Å². The molecule has 1 atom stereocenters. The van der Waals surface area contributed by atoms with Crippen molar-refractivity contribution in [2.75, 3.05) is 38.7 Å². The average molecular weight is 538 g/mol. The maximum Gasteiger partial charge on any atom is 0.225 e. The number of ether oxygens (including phenoxy) is 2. The highest BCUT2D eigenvalue weighted by atomic mass is 127. The lowest BCUT2D eigenvalue weighted by Crippen LogP contribution is -2.38. The molecule has 0 bridgehead atoms. The molecule has 2 aromatic rings. The Morgan fingerprint density at radius 1 is 1.13 bits per heavy atom. The van der Waals surface area contributed by atoms with Gasteiger partial charge in [0.25, 0.3) is 0 Å². The Bertz CT molecular complexity index is 858. The van der Waals surface area contributed by atoms with Gasteiger partial charge in [0.15, 0.2) is 5.96 Å². The van der Waals surface area contributed by atoms with E-state index in [1.54, 1.807) is 7.11 Å². The molecule has 0 spiro atoms.